The molecule has 8 nitrogen and oxygen atoms in total. The smallest absolute Gasteiger partial charge is 0.341 e. The molecule has 0 bridgehead atoms. The third-order valence-corrected chi connectivity index (χ3v) is 8.14. The van der Waals surface area contributed by atoms with Gasteiger partial charge in [0.05, 0.1) is 17.9 Å². The van der Waals surface area contributed by atoms with Gasteiger partial charge in [-0.3, -0.25) is 4.79 Å². The SMILES string of the molecule is CCOC(=O)c1c(NC(=O)CSc2nnc(C(C)Oc3ccccc3)n2CC)sc2c1CCCCC2. The van der Waals surface area contributed by atoms with Gasteiger partial charge >= 0.3 is 5.97 Å². The minimum Gasteiger partial charge on any atom is -0.483 e. The van der Waals surface area contributed by atoms with Gasteiger partial charge in [0, 0.05) is 11.4 Å². The molecule has 4 rings (SSSR count). The van der Waals surface area contributed by atoms with Gasteiger partial charge < -0.3 is 19.4 Å². The Morgan fingerprint density at radius 3 is 2.67 bits per heavy atom. The molecule has 0 spiro atoms. The lowest BCUT2D eigenvalue weighted by molar-refractivity contribution is -0.113. The summed E-state index contributed by atoms with van der Waals surface area (Å²) in [6, 6.07) is 9.58. The van der Waals surface area contributed by atoms with Crippen LogP contribution in [-0.2, 0) is 28.9 Å². The normalized spacial score (nSPS) is 14.0. The van der Waals surface area contributed by atoms with Crippen LogP contribution in [0, 0.1) is 0 Å². The Morgan fingerprint density at radius 1 is 1.14 bits per heavy atom. The van der Waals surface area contributed by atoms with Crippen molar-refractivity contribution in [2.24, 2.45) is 0 Å². The number of esters is 1. The Hall–Kier alpha value is -2.85. The maximum atomic E-state index is 12.9. The average Bonchev–Trinajstić information content (AvgIpc) is 3.36. The Labute approximate surface area is 219 Å². The molecule has 2 aromatic heterocycles. The molecule has 192 valence electrons. The number of hydrogen-bond donors (Lipinski definition) is 1. The number of hydrogen-bond acceptors (Lipinski definition) is 8. The summed E-state index contributed by atoms with van der Waals surface area (Å²) in [7, 11) is 0. The molecule has 1 N–H and O–H groups in total. The van der Waals surface area contributed by atoms with Gasteiger partial charge in [0.1, 0.15) is 10.8 Å². The second-order valence-corrected chi connectivity index (χ2v) is 10.5. The summed E-state index contributed by atoms with van der Waals surface area (Å²) in [5.41, 5.74) is 1.57. The first-order chi connectivity index (χ1) is 17.5. The van der Waals surface area contributed by atoms with Gasteiger partial charge in [0.2, 0.25) is 5.91 Å². The van der Waals surface area contributed by atoms with Crippen molar-refractivity contribution >= 4 is 40.0 Å². The van der Waals surface area contributed by atoms with Crippen LogP contribution in [0.2, 0.25) is 0 Å². The van der Waals surface area contributed by atoms with Crippen LogP contribution < -0.4 is 10.1 Å². The van der Waals surface area contributed by atoms with E-state index in [-0.39, 0.29) is 23.7 Å². The number of aromatic nitrogens is 3. The number of fused-ring (bicyclic) bond motifs is 1. The number of thiophene rings is 1. The topological polar surface area (TPSA) is 95.3 Å². The molecule has 36 heavy (non-hydrogen) atoms. The van der Waals surface area contributed by atoms with Crippen LogP contribution in [0.4, 0.5) is 5.00 Å². The molecular formula is C26H32N4O4S2. The highest BCUT2D eigenvalue weighted by Crippen LogP contribution is 2.38. The van der Waals surface area contributed by atoms with Crippen molar-refractivity contribution in [2.75, 3.05) is 17.7 Å². The number of anilines is 1. The van der Waals surface area contributed by atoms with Gasteiger partial charge in [-0.15, -0.1) is 21.5 Å². The molecule has 0 fully saturated rings. The van der Waals surface area contributed by atoms with E-state index >= 15 is 0 Å². The predicted octanol–water partition coefficient (Wildman–Crippen LogP) is 5.68. The molecule has 1 unspecified atom stereocenters. The molecule has 1 aromatic carbocycles. The number of aryl methyl sites for hydroxylation is 1. The average molecular weight is 529 g/mol. The number of carbonyl (C=O) groups is 2. The van der Waals surface area contributed by atoms with Crippen LogP contribution in [0.25, 0.3) is 0 Å². The fraction of sp³-hybridized carbons (Fsp3) is 0.462. The molecule has 0 radical (unpaired) electrons. The van der Waals surface area contributed by atoms with Crippen LogP contribution in [0.1, 0.15) is 72.8 Å². The fourth-order valence-electron chi connectivity index (χ4n) is 4.30. The van der Waals surface area contributed by atoms with E-state index in [0.29, 0.717) is 34.7 Å². The Balaban J connectivity index is 1.44. The summed E-state index contributed by atoms with van der Waals surface area (Å²) in [5.74, 6) is 1.06. The van der Waals surface area contributed by atoms with Crippen molar-refractivity contribution in [1.82, 2.24) is 14.8 Å². The number of amides is 1. The molecule has 2 heterocycles. The molecule has 0 aliphatic heterocycles. The van der Waals surface area contributed by atoms with E-state index in [9.17, 15) is 9.59 Å². The molecular weight excluding hydrogens is 496 g/mol. The first kappa shape index (κ1) is 26.2. The molecule has 1 atom stereocenters. The minimum absolute atomic E-state index is 0.150. The van der Waals surface area contributed by atoms with Gasteiger partial charge in [-0.05, 0) is 64.2 Å². The van der Waals surface area contributed by atoms with Crippen molar-refractivity contribution < 1.29 is 19.1 Å². The van der Waals surface area contributed by atoms with Crippen molar-refractivity contribution in [3.63, 3.8) is 0 Å². The lowest BCUT2D eigenvalue weighted by Gasteiger charge is -2.15. The molecule has 1 aliphatic carbocycles. The number of carbonyl (C=O) groups excluding carboxylic acids is 2. The number of rotatable bonds is 10. The van der Waals surface area contributed by atoms with Crippen LogP contribution in [0.5, 0.6) is 5.75 Å². The van der Waals surface area contributed by atoms with Crippen molar-refractivity contribution in [2.45, 2.75) is 70.7 Å². The van der Waals surface area contributed by atoms with Crippen molar-refractivity contribution in [3.05, 3.63) is 52.2 Å². The van der Waals surface area contributed by atoms with Gasteiger partial charge in [-0.2, -0.15) is 0 Å². The zero-order chi connectivity index (χ0) is 25.5. The van der Waals surface area contributed by atoms with Crippen molar-refractivity contribution in [1.29, 1.82) is 0 Å². The molecule has 1 aliphatic rings. The molecule has 0 saturated heterocycles. The van der Waals surface area contributed by atoms with E-state index in [2.05, 4.69) is 15.5 Å². The highest BCUT2D eigenvalue weighted by molar-refractivity contribution is 7.99. The minimum atomic E-state index is -0.359. The molecule has 0 saturated carbocycles. The number of thioether (sulfide) groups is 1. The molecule has 3 aromatic rings. The van der Waals surface area contributed by atoms with Gasteiger partial charge in [0.15, 0.2) is 17.1 Å². The van der Waals surface area contributed by atoms with E-state index < -0.39 is 0 Å². The maximum Gasteiger partial charge on any atom is 0.341 e. The standard InChI is InChI=1S/C26H32N4O4S2/c1-4-30-23(17(3)34-18-12-8-6-9-13-18)28-29-26(30)35-16-21(31)27-24-22(25(32)33-5-2)19-14-10-7-11-15-20(19)36-24/h6,8-9,12-13,17H,4-5,7,10-11,14-16H2,1-3H3,(H,27,31). The number of benzene rings is 1. The quantitative estimate of drug-likeness (QED) is 0.206. The third kappa shape index (κ3) is 6.10. The zero-order valence-electron chi connectivity index (χ0n) is 20.9. The Morgan fingerprint density at radius 2 is 1.92 bits per heavy atom. The highest BCUT2D eigenvalue weighted by Gasteiger charge is 2.27. The summed E-state index contributed by atoms with van der Waals surface area (Å²) >= 11 is 2.82. The predicted molar refractivity (Wildman–Crippen MR) is 142 cm³/mol. The van der Waals surface area contributed by atoms with Gasteiger partial charge in [-0.25, -0.2) is 4.79 Å². The summed E-state index contributed by atoms with van der Waals surface area (Å²) < 4.78 is 13.3. The number of ether oxygens (including phenoxy) is 2. The summed E-state index contributed by atoms with van der Waals surface area (Å²) in [5, 5.41) is 12.9. The summed E-state index contributed by atoms with van der Waals surface area (Å²) in [6.07, 6.45) is 4.77. The second-order valence-electron chi connectivity index (χ2n) is 8.48. The van der Waals surface area contributed by atoms with Gasteiger partial charge in [-0.1, -0.05) is 36.4 Å². The van der Waals surface area contributed by atoms with Crippen LogP contribution in [0.3, 0.4) is 0 Å². The maximum absolute atomic E-state index is 12.9. The Kier molecular flexibility index (Phi) is 9.03. The largest absolute Gasteiger partial charge is 0.483 e. The summed E-state index contributed by atoms with van der Waals surface area (Å²) in [6.45, 7) is 6.69. The summed E-state index contributed by atoms with van der Waals surface area (Å²) in [4.78, 5) is 26.9. The first-order valence-electron chi connectivity index (χ1n) is 12.4. The van der Waals surface area contributed by atoms with E-state index in [1.54, 1.807) is 6.92 Å². The van der Waals surface area contributed by atoms with Crippen LogP contribution in [0.15, 0.2) is 35.5 Å². The van der Waals surface area contributed by atoms with E-state index in [1.807, 2.05) is 48.7 Å². The monoisotopic (exact) mass is 528 g/mol. The van der Waals surface area contributed by atoms with Crippen LogP contribution >= 0.6 is 23.1 Å². The number of nitrogens with one attached hydrogen (secondary N) is 1. The zero-order valence-corrected chi connectivity index (χ0v) is 22.5. The van der Waals surface area contributed by atoms with Gasteiger partial charge in [0.25, 0.3) is 0 Å². The third-order valence-electron chi connectivity index (χ3n) is 5.97. The number of nitrogens with zero attached hydrogens (tertiary/aromatic N) is 3. The molecule has 1 amide bonds. The fourth-order valence-corrected chi connectivity index (χ4v) is 6.41. The lowest BCUT2D eigenvalue weighted by Crippen LogP contribution is -2.17. The number of para-hydroxylation sites is 1. The van der Waals surface area contributed by atoms with E-state index in [0.717, 1.165) is 43.4 Å². The Bertz CT molecular complexity index is 1190. The van der Waals surface area contributed by atoms with Crippen LogP contribution in [-0.4, -0.2) is 39.0 Å². The van der Waals surface area contributed by atoms with Crippen molar-refractivity contribution in [3.8, 4) is 5.75 Å². The lowest BCUT2D eigenvalue weighted by atomic mass is 10.1. The van der Waals surface area contributed by atoms with E-state index in [4.69, 9.17) is 9.47 Å². The first-order valence-corrected chi connectivity index (χ1v) is 14.2. The highest BCUT2D eigenvalue weighted by atomic mass is 32.2. The van der Waals surface area contributed by atoms with E-state index in [1.165, 1.54) is 28.0 Å². The second kappa shape index (κ2) is 12.4. The molecule has 10 heteroatoms.